The molecule has 0 fully saturated rings. The van der Waals surface area contributed by atoms with Gasteiger partial charge in [0.1, 0.15) is 11.5 Å². The molecule has 1 aromatic rings. The second-order valence-electron chi connectivity index (χ2n) is 4.52. The Hall–Kier alpha value is -1.41. The predicted molar refractivity (Wildman–Crippen MR) is 65.9 cm³/mol. The van der Waals surface area contributed by atoms with Gasteiger partial charge in [0.05, 0.1) is 6.07 Å². The summed E-state index contributed by atoms with van der Waals surface area (Å²) in [6.07, 6.45) is -0.411. The minimum absolute atomic E-state index is 0.591. The van der Waals surface area contributed by atoms with E-state index in [0.29, 0.717) is 6.42 Å². The Morgan fingerprint density at radius 2 is 2.00 bits per heavy atom. The van der Waals surface area contributed by atoms with Gasteiger partial charge in [0.15, 0.2) is 6.29 Å². The molecule has 4 heteroatoms. The first-order valence-electron chi connectivity index (χ1n) is 5.93. The van der Waals surface area contributed by atoms with Crippen molar-refractivity contribution in [3.8, 4) is 6.07 Å². The van der Waals surface area contributed by atoms with E-state index in [2.05, 4.69) is 6.07 Å². The Bertz CT molecular complexity index is 464. The molecule has 0 radical (unpaired) electrons. The first-order chi connectivity index (χ1) is 8.69. The fourth-order valence-electron chi connectivity index (χ4n) is 2.72. The molecule has 1 aliphatic carbocycles. The molecular formula is C14H17NO3. The molecule has 4 nitrogen and oxygen atoms in total. The van der Waals surface area contributed by atoms with E-state index in [0.717, 1.165) is 17.5 Å². The second-order valence-corrected chi connectivity index (χ2v) is 4.52. The zero-order valence-electron chi connectivity index (χ0n) is 10.6. The van der Waals surface area contributed by atoms with E-state index in [1.54, 1.807) is 0 Å². The molecule has 0 amide bonds. The molecule has 0 bridgehead atoms. The third kappa shape index (κ3) is 1.81. The molecule has 0 spiro atoms. The highest BCUT2D eigenvalue weighted by molar-refractivity contribution is 5.45. The van der Waals surface area contributed by atoms with Gasteiger partial charge in [-0.25, -0.2) is 0 Å². The summed E-state index contributed by atoms with van der Waals surface area (Å²) in [5, 5.41) is 20.0. The molecule has 2 rings (SSSR count). The van der Waals surface area contributed by atoms with Crippen LogP contribution in [0.25, 0.3) is 0 Å². The van der Waals surface area contributed by atoms with Crippen molar-refractivity contribution >= 4 is 0 Å². The highest BCUT2D eigenvalue weighted by atomic mass is 16.7. The largest absolute Gasteiger partial charge is 0.386 e. The lowest BCUT2D eigenvalue weighted by molar-refractivity contribution is -0.178. The number of ether oxygens (including phenoxy) is 2. The fourth-order valence-corrected chi connectivity index (χ4v) is 2.72. The number of rotatable bonds is 4. The summed E-state index contributed by atoms with van der Waals surface area (Å²) in [7, 11) is 2.92. The molecule has 0 aromatic heterocycles. The number of nitrogens with zero attached hydrogens (tertiary/aromatic N) is 1. The van der Waals surface area contributed by atoms with Gasteiger partial charge in [-0.3, -0.25) is 0 Å². The number of hydrogen-bond acceptors (Lipinski definition) is 4. The van der Waals surface area contributed by atoms with Gasteiger partial charge in [-0.05, 0) is 24.0 Å². The first kappa shape index (κ1) is 13.0. The summed E-state index contributed by atoms with van der Waals surface area (Å²) in [6.45, 7) is 0. The Balaban J connectivity index is 2.43. The maximum Gasteiger partial charge on any atom is 0.184 e. The monoisotopic (exact) mass is 247 g/mol. The number of nitriles is 1. The van der Waals surface area contributed by atoms with E-state index in [9.17, 15) is 10.4 Å². The van der Waals surface area contributed by atoms with E-state index >= 15 is 0 Å². The lowest BCUT2D eigenvalue weighted by atomic mass is 9.77. The van der Waals surface area contributed by atoms with Crippen LogP contribution in [0.2, 0.25) is 0 Å². The van der Waals surface area contributed by atoms with Crippen LogP contribution in [-0.4, -0.2) is 31.7 Å². The molecule has 0 heterocycles. The van der Waals surface area contributed by atoms with Crippen LogP contribution in [0.15, 0.2) is 24.3 Å². The van der Waals surface area contributed by atoms with Crippen LogP contribution >= 0.6 is 0 Å². The maximum atomic E-state index is 10.4. The molecule has 2 atom stereocenters. The maximum absolute atomic E-state index is 10.4. The van der Waals surface area contributed by atoms with Crippen molar-refractivity contribution < 1.29 is 14.6 Å². The van der Waals surface area contributed by atoms with E-state index < -0.39 is 17.8 Å². The van der Waals surface area contributed by atoms with Crippen LogP contribution in [0.1, 0.15) is 17.5 Å². The third-order valence-corrected chi connectivity index (χ3v) is 3.71. The number of hydrogen-bond donors (Lipinski definition) is 1. The van der Waals surface area contributed by atoms with Gasteiger partial charge < -0.3 is 14.6 Å². The molecule has 1 N–H and O–H groups in total. The van der Waals surface area contributed by atoms with Gasteiger partial charge in [-0.15, -0.1) is 0 Å². The predicted octanol–water partition coefficient (Wildman–Crippen LogP) is 1.37. The smallest absolute Gasteiger partial charge is 0.184 e. The fraction of sp³-hybridized carbons (Fsp3) is 0.500. The number of fused-ring (bicyclic) bond motifs is 1. The zero-order chi connectivity index (χ0) is 13.2. The van der Waals surface area contributed by atoms with Crippen molar-refractivity contribution in [3.05, 3.63) is 35.4 Å². The molecule has 0 saturated heterocycles. The molecule has 1 aliphatic rings. The normalized spacial score (nSPS) is 23.7. The quantitative estimate of drug-likeness (QED) is 0.816. The standard InChI is InChI=1S/C14H17NO3/c1-17-13(18-2)12(16)14(9-15)8-7-10-5-3-4-6-11(10)14/h3-6,12-13,16H,7-8H2,1-2H3. The van der Waals surface area contributed by atoms with Crippen LogP contribution < -0.4 is 0 Å². The summed E-state index contributed by atoms with van der Waals surface area (Å²) in [5.41, 5.74) is 1.07. The first-order valence-corrected chi connectivity index (χ1v) is 5.93. The average Bonchev–Trinajstić information content (AvgIpc) is 2.80. The van der Waals surface area contributed by atoms with E-state index in [-0.39, 0.29) is 0 Å². The van der Waals surface area contributed by atoms with E-state index in [4.69, 9.17) is 9.47 Å². The van der Waals surface area contributed by atoms with Gasteiger partial charge in [0, 0.05) is 14.2 Å². The molecule has 18 heavy (non-hydrogen) atoms. The Morgan fingerprint density at radius 1 is 1.33 bits per heavy atom. The highest BCUT2D eigenvalue weighted by Crippen LogP contribution is 2.42. The SMILES string of the molecule is COC(OC)C(O)C1(C#N)CCc2ccccc21. The van der Waals surface area contributed by atoms with Crippen molar-refractivity contribution in [2.75, 3.05) is 14.2 Å². The molecule has 0 aliphatic heterocycles. The number of benzene rings is 1. The molecule has 0 saturated carbocycles. The Kier molecular flexibility index (Phi) is 3.67. The molecule has 1 aromatic carbocycles. The number of aryl methyl sites for hydroxylation is 1. The summed E-state index contributed by atoms with van der Waals surface area (Å²) >= 11 is 0. The second kappa shape index (κ2) is 5.07. The van der Waals surface area contributed by atoms with Gasteiger partial charge in [-0.2, -0.15) is 5.26 Å². The number of methoxy groups -OCH3 is 2. The molecule has 96 valence electrons. The van der Waals surface area contributed by atoms with Gasteiger partial charge in [0.2, 0.25) is 0 Å². The topological polar surface area (TPSA) is 62.5 Å². The van der Waals surface area contributed by atoms with Gasteiger partial charge >= 0.3 is 0 Å². The van der Waals surface area contributed by atoms with Crippen LogP contribution in [-0.2, 0) is 21.3 Å². The average molecular weight is 247 g/mol. The van der Waals surface area contributed by atoms with Crippen LogP contribution in [0.3, 0.4) is 0 Å². The zero-order valence-corrected chi connectivity index (χ0v) is 10.6. The van der Waals surface area contributed by atoms with E-state index in [1.165, 1.54) is 14.2 Å². The van der Waals surface area contributed by atoms with Crippen molar-refractivity contribution in [1.82, 2.24) is 0 Å². The van der Waals surface area contributed by atoms with Crippen LogP contribution in [0.5, 0.6) is 0 Å². The summed E-state index contributed by atoms with van der Waals surface area (Å²) in [6, 6.07) is 10.0. The van der Waals surface area contributed by atoms with Gasteiger partial charge in [-0.1, -0.05) is 24.3 Å². The minimum Gasteiger partial charge on any atom is -0.386 e. The Morgan fingerprint density at radius 3 is 2.61 bits per heavy atom. The highest BCUT2D eigenvalue weighted by Gasteiger charge is 2.48. The summed E-state index contributed by atoms with van der Waals surface area (Å²) in [4.78, 5) is 0. The van der Waals surface area contributed by atoms with Crippen molar-refractivity contribution in [2.24, 2.45) is 0 Å². The lowest BCUT2D eigenvalue weighted by Crippen LogP contribution is -2.46. The minimum atomic E-state index is -0.999. The van der Waals surface area contributed by atoms with Crippen LogP contribution in [0, 0.1) is 11.3 Å². The van der Waals surface area contributed by atoms with E-state index in [1.807, 2.05) is 24.3 Å². The van der Waals surface area contributed by atoms with Crippen molar-refractivity contribution in [1.29, 1.82) is 5.26 Å². The Labute approximate surface area is 107 Å². The lowest BCUT2D eigenvalue weighted by Gasteiger charge is -2.32. The molecule has 2 unspecified atom stereocenters. The number of aliphatic hydroxyl groups excluding tert-OH is 1. The van der Waals surface area contributed by atoms with Crippen LogP contribution in [0.4, 0.5) is 0 Å². The summed E-state index contributed by atoms with van der Waals surface area (Å²) in [5.74, 6) is 0. The molecular weight excluding hydrogens is 230 g/mol. The van der Waals surface area contributed by atoms with Gasteiger partial charge in [0.25, 0.3) is 0 Å². The van der Waals surface area contributed by atoms with Crippen molar-refractivity contribution in [3.63, 3.8) is 0 Å². The summed E-state index contributed by atoms with van der Waals surface area (Å²) < 4.78 is 10.2. The third-order valence-electron chi connectivity index (χ3n) is 3.71. The number of aliphatic hydroxyl groups is 1. The van der Waals surface area contributed by atoms with Crippen molar-refractivity contribution in [2.45, 2.75) is 30.7 Å².